The lowest BCUT2D eigenvalue weighted by Gasteiger charge is -2.09. The first-order valence-corrected chi connectivity index (χ1v) is 5.09. The highest BCUT2D eigenvalue weighted by atomic mass is 32.1. The molecule has 1 aliphatic carbocycles. The molecule has 0 saturated heterocycles. The monoisotopic (exact) mass is 198 g/mol. The van der Waals surface area contributed by atoms with E-state index in [2.05, 4.69) is 10.2 Å². The molecule has 72 valence electrons. The fourth-order valence-electron chi connectivity index (χ4n) is 1.96. The predicted octanol–water partition coefficient (Wildman–Crippen LogP) is 1.71. The van der Waals surface area contributed by atoms with Crippen molar-refractivity contribution < 1.29 is 0 Å². The molecule has 2 rings (SSSR count). The zero-order valence-corrected chi connectivity index (χ0v) is 8.31. The van der Waals surface area contributed by atoms with Crippen LogP contribution in [0, 0.1) is 10.7 Å². The van der Waals surface area contributed by atoms with Crippen LogP contribution in [0.1, 0.15) is 25.7 Å². The molecule has 1 aromatic rings. The Labute approximate surface area is 82.1 Å². The molecule has 1 aliphatic rings. The minimum absolute atomic E-state index is 0.511. The van der Waals surface area contributed by atoms with Crippen LogP contribution in [0.25, 0.3) is 0 Å². The van der Waals surface area contributed by atoms with Crippen molar-refractivity contribution in [1.82, 2.24) is 14.8 Å². The normalized spacial score (nSPS) is 18.2. The van der Waals surface area contributed by atoms with E-state index < -0.39 is 0 Å². The largest absolute Gasteiger partial charge is 0.368 e. The Kier molecular flexibility index (Phi) is 2.35. The molecule has 1 heterocycles. The minimum atomic E-state index is 0.511. The molecule has 1 fully saturated rings. The van der Waals surface area contributed by atoms with Gasteiger partial charge >= 0.3 is 0 Å². The highest BCUT2D eigenvalue weighted by Gasteiger charge is 2.16. The van der Waals surface area contributed by atoms with Gasteiger partial charge in [0.05, 0.1) is 0 Å². The van der Waals surface area contributed by atoms with E-state index in [0.29, 0.717) is 10.7 Å². The van der Waals surface area contributed by atoms with Gasteiger partial charge in [0.2, 0.25) is 5.95 Å². The molecule has 3 N–H and O–H groups in total. The molecule has 1 aromatic heterocycles. The van der Waals surface area contributed by atoms with Crippen LogP contribution >= 0.6 is 12.2 Å². The second-order valence-corrected chi connectivity index (χ2v) is 4.03. The Bertz CT molecular complexity index is 334. The first kappa shape index (κ1) is 8.74. The van der Waals surface area contributed by atoms with E-state index in [1.54, 1.807) is 0 Å². The molecule has 0 amide bonds. The number of anilines is 1. The molecule has 0 aliphatic heterocycles. The maximum Gasteiger partial charge on any atom is 0.220 e. The first-order valence-electron chi connectivity index (χ1n) is 4.68. The van der Waals surface area contributed by atoms with Crippen molar-refractivity contribution >= 4 is 18.2 Å². The molecule has 0 aromatic carbocycles. The fraction of sp³-hybridized carbons (Fsp3) is 0.750. The summed E-state index contributed by atoms with van der Waals surface area (Å²) in [5.41, 5.74) is 5.67. The smallest absolute Gasteiger partial charge is 0.220 e. The van der Waals surface area contributed by atoms with Gasteiger partial charge in [0, 0.05) is 6.54 Å². The summed E-state index contributed by atoms with van der Waals surface area (Å²) in [4.78, 5) is 0. The molecule has 1 saturated carbocycles. The Balaban J connectivity index is 2.12. The van der Waals surface area contributed by atoms with Gasteiger partial charge in [0.15, 0.2) is 4.77 Å². The lowest BCUT2D eigenvalue weighted by molar-refractivity contribution is 0.457. The van der Waals surface area contributed by atoms with Crippen molar-refractivity contribution in [3.05, 3.63) is 4.77 Å². The molecule has 13 heavy (non-hydrogen) atoms. The lowest BCUT2D eigenvalue weighted by Crippen LogP contribution is -2.10. The van der Waals surface area contributed by atoms with E-state index in [9.17, 15) is 0 Å². The first-order chi connectivity index (χ1) is 6.27. The number of nitrogen functional groups attached to an aromatic ring is 1. The van der Waals surface area contributed by atoms with Crippen LogP contribution in [0.4, 0.5) is 5.95 Å². The van der Waals surface area contributed by atoms with Crippen molar-refractivity contribution in [3.8, 4) is 0 Å². The van der Waals surface area contributed by atoms with Gasteiger partial charge in [-0.1, -0.05) is 12.8 Å². The molecule has 5 heteroatoms. The summed E-state index contributed by atoms with van der Waals surface area (Å²) in [5, 5.41) is 6.58. The average Bonchev–Trinajstić information content (AvgIpc) is 2.70. The Morgan fingerprint density at radius 2 is 2.23 bits per heavy atom. The van der Waals surface area contributed by atoms with E-state index in [-0.39, 0.29) is 0 Å². The summed E-state index contributed by atoms with van der Waals surface area (Å²) in [7, 11) is 0. The predicted molar refractivity (Wildman–Crippen MR) is 53.8 cm³/mol. The van der Waals surface area contributed by atoms with Crippen molar-refractivity contribution in [2.75, 3.05) is 5.73 Å². The second-order valence-electron chi connectivity index (χ2n) is 3.65. The van der Waals surface area contributed by atoms with Gasteiger partial charge < -0.3 is 5.73 Å². The standard InChI is InChI=1S/C8H14N4S/c9-7-10-11-8(13)12(7)5-6-3-1-2-4-6/h6H,1-5H2,(H2,9,10)(H,11,13). The van der Waals surface area contributed by atoms with Gasteiger partial charge in [0.25, 0.3) is 0 Å². The third-order valence-electron chi connectivity index (χ3n) is 2.70. The molecular weight excluding hydrogens is 184 g/mol. The summed E-state index contributed by atoms with van der Waals surface area (Å²) in [6.07, 6.45) is 5.28. The van der Waals surface area contributed by atoms with Crippen molar-refractivity contribution in [2.45, 2.75) is 32.2 Å². The topological polar surface area (TPSA) is 59.6 Å². The molecule has 4 nitrogen and oxygen atoms in total. The summed E-state index contributed by atoms with van der Waals surface area (Å²) in [6.45, 7) is 0.932. The summed E-state index contributed by atoms with van der Waals surface area (Å²) in [6, 6.07) is 0. The number of aromatic amines is 1. The van der Waals surface area contributed by atoms with Gasteiger partial charge in [-0.2, -0.15) is 0 Å². The molecule has 0 spiro atoms. The quantitative estimate of drug-likeness (QED) is 0.711. The zero-order valence-electron chi connectivity index (χ0n) is 7.49. The Hall–Kier alpha value is -0.840. The van der Waals surface area contributed by atoms with Crippen LogP contribution in [0.15, 0.2) is 0 Å². The number of nitrogens with two attached hydrogens (primary N) is 1. The third kappa shape index (κ3) is 1.75. The van der Waals surface area contributed by atoms with E-state index in [1.807, 2.05) is 4.57 Å². The number of hydrogen-bond donors (Lipinski definition) is 2. The number of H-pyrrole nitrogens is 1. The maximum absolute atomic E-state index is 5.67. The molecule has 0 unspecified atom stereocenters. The van der Waals surface area contributed by atoms with Crippen molar-refractivity contribution in [3.63, 3.8) is 0 Å². The number of nitrogens with zero attached hydrogens (tertiary/aromatic N) is 2. The number of nitrogens with one attached hydrogen (secondary N) is 1. The van der Waals surface area contributed by atoms with E-state index in [4.69, 9.17) is 18.0 Å². The highest BCUT2D eigenvalue weighted by Crippen LogP contribution is 2.26. The maximum atomic E-state index is 5.67. The van der Waals surface area contributed by atoms with Gasteiger partial charge in [-0.05, 0) is 31.0 Å². The summed E-state index contributed by atoms with van der Waals surface area (Å²) in [5.74, 6) is 1.25. The Morgan fingerprint density at radius 3 is 2.77 bits per heavy atom. The van der Waals surface area contributed by atoms with Crippen LogP contribution in [0.3, 0.4) is 0 Å². The third-order valence-corrected chi connectivity index (χ3v) is 3.01. The molecule has 0 atom stereocenters. The summed E-state index contributed by atoms with van der Waals surface area (Å²) < 4.78 is 2.54. The second kappa shape index (κ2) is 3.49. The van der Waals surface area contributed by atoms with Gasteiger partial charge in [-0.3, -0.25) is 4.57 Å². The highest BCUT2D eigenvalue weighted by molar-refractivity contribution is 7.71. The number of hydrogen-bond acceptors (Lipinski definition) is 3. The number of aromatic nitrogens is 3. The van der Waals surface area contributed by atoms with Crippen LogP contribution < -0.4 is 5.73 Å². The lowest BCUT2D eigenvalue weighted by atomic mass is 10.1. The average molecular weight is 198 g/mol. The molecule has 0 radical (unpaired) electrons. The van der Waals surface area contributed by atoms with Crippen LogP contribution in [0.5, 0.6) is 0 Å². The summed E-state index contributed by atoms with van der Waals surface area (Å²) >= 11 is 5.07. The molecular formula is C8H14N4S. The van der Waals surface area contributed by atoms with Crippen LogP contribution in [-0.4, -0.2) is 14.8 Å². The van der Waals surface area contributed by atoms with Gasteiger partial charge in [-0.25, -0.2) is 5.10 Å². The molecule has 0 bridgehead atoms. The zero-order chi connectivity index (χ0) is 9.26. The van der Waals surface area contributed by atoms with E-state index in [1.165, 1.54) is 25.7 Å². The van der Waals surface area contributed by atoms with Crippen molar-refractivity contribution in [2.24, 2.45) is 5.92 Å². The van der Waals surface area contributed by atoms with E-state index in [0.717, 1.165) is 12.5 Å². The Morgan fingerprint density at radius 1 is 1.54 bits per heavy atom. The SMILES string of the molecule is Nc1n[nH]c(=S)n1CC1CCCC1. The van der Waals surface area contributed by atoms with Crippen LogP contribution in [0.2, 0.25) is 0 Å². The fourth-order valence-corrected chi connectivity index (χ4v) is 2.17. The number of rotatable bonds is 2. The minimum Gasteiger partial charge on any atom is -0.368 e. The van der Waals surface area contributed by atoms with Crippen molar-refractivity contribution in [1.29, 1.82) is 0 Å². The van der Waals surface area contributed by atoms with Gasteiger partial charge in [0.1, 0.15) is 0 Å². The van der Waals surface area contributed by atoms with E-state index >= 15 is 0 Å². The van der Waals surface area contributed by atoms with Gasteiger partial charge in [-0.15, -0.1) is 5.10 Å². The van der Waals surface area contributed by atoms with Crippen LogP contribution in [-0.2, 0) is 6.54 Å².